The van der Waals surface area contributed by atoms with Crippen molar-refractivity contribution in [3.05, 3.63) is 0 Å². The van der Waals surface area contributed by atoms with Crippen molar-refractivity contribution in [2.75, 3.05) is 19.8 Å². The van der Waals surface area contributed by atoms with Gasteiger partial charge in [0.1, 0.15) is 0 Å². The third kappa shape index (κ3) is 8.45. The summed E-state index contributed by atoms with van der Waals surface area (Å²) in [4.78, 5) is 11.8. The number of unbranched alkanes of at least 4 members (excludes halogenated alkanes) is 3. The molecule has 0 aromatic heterocycles. The summed E-state index contributed by atoms with van der Waals surface area (Å²) < 4.78 is 5.33. The maximum atomic E-state index is 11.8. The lowest BCUT2D eigenvalue weighted by molar-refractivity contribution is -0.122. The van der Waals surface area contributed by atoms with Crippen LogP contribution in [0.15, 0.2) is 0 Å². The summed E-state index contributed by atoms with van der Waals surface area (Å²) in [5.74, 6) is 0.779. The number of amides is 1. The van der Waals surface area contributed by atoms with Gasteiger partial charge in [-0.2, -0.15) is 0 Å². The van der Waals surface area contributed by atoms with Gasteiger partial charge in [-0.05, 0) is 45.1 Å². The summed E-state index contributed by atoms with van der Waals surface area (Å²) in [6.07, 6.45) is 7.08. The molecule has 1 rings (SSSR count). The lowest BCUT2D eigenvalue weighted by atomic mass is 9.93. The van der Waals surface area contributed by atoms with Crippen LogP contribution in [0.1, 0.15) is 51.9 Å². The van der Waals surface area contributed by atoms with Crippen LogP contribution in [0.3, 0.4) is 0 Å². The van der Waals surface area contributed by atoms with Crippen LogP contribution < -0.4 is 11.1 Å². The first-order chi connectivity index (χ1) is 8.74. The van der Waals surface area contributed by atoms with Gasteiger partial charge in [0.25, 0.3) is 0 Å². The van der Waals surface area contributed by atoms with Crippen LogP contribution in [0.2, 0.25) is 0 Å². The van der Waals surface area contributed by atoms with Gasteiger partial charge in [0.05, 0.1) is 0 Å². The zero-order valence-electron chi connectivity index (χ0n) is 12.0. The molecule has 3 N–H and O–H groups in total. The number of halogens is 1. The van der Waals surface area contributed by atoms with Gasteiger partial charge in [0.15, 0.2) is 0 Å². The number of carbonyl (C=O) groups excluding carboxylic acids is 1. The van der Waals surface area contributed by atoms with Crippen molar-refractivity contribution in [2.24, 2.45) is 11.7 Å². The van der Waals surface area contributed by atoms with Gasteiger partial charge in [-0.15, -0.1) is 12.4 Å². The molecular formula is C14H29ClN2O2. The molecule has 0 radical (unpaired) electrons. The summed E-state index contributed by atoms with van der Waals surface area (Å²) in [7, 11) is 0. The van der Waals surface area contributed by atoms with E-state index in [0.717, 1.165) is 58.3 Å². The zero-order chi connectivity index (χ0) is 13.2. The summed E-state index contributed by atoms with van der Waals surface area (Å²) in [6.45, 7) is 4.54. The second-order valence-electron chi connectivity index (χ2n) is 5.26. The number of hydrogen-bond donors (Lipinski definition) is 2. The Labute approximate surface area is 123 Å². The quantitative estimate of drug-likeness (QED) is 0.675. The number of nitrogens with one attached hydrogen (secondary N) is 1. The Kier molecular flexibility index (Phi) is 11.3. The van der Waals surface area contributed by atoms with Crippen LogP contribution in [0.5, 0.6) is 0 Å². The highest BCUT2D eigenvalue weighted by atomic mass is 35.5. The molecule has 1 amide bonds. The summed E-state index contributed by atoms with van der Waals surface area (Å²) in [5, 5.41) is 3.12. The van der Waals surface area contributed by atoms with Crippen molar-refractivity contribution in [2.45, 2.75) is 57.9 Å². The minimum atomic E-state index is 0. The number of hydrogen-bond acceptors (Lipinski definition) is 3. The van der Waals surface area contributed by atoms with E-state index >= 15 is 0 Å². The van der Waals surface area contributed by atoms with Crippen molar-refractivity contribution in [3.8, 4) is 0 Å². The molecule has 0 aromatic rings. The molecular weight excluding hydrogens is 264 g/mol. The predicted octanol–water partition coefficient (Wildman–Crippen LogP) is 2.25. The maximum Gasteiger partial charge on any atom is 0.220 e. The van der Waals surface area contributed by atoms with Crippen LogP contribution >= 0.6 is 12.4 Å². The molecule has 4 nitrogen and oxygen atoms in total. The second kappa shape index (κ2) is 11.5. The topological polar surface area (TPSA) is 64.4 Å². The van der Waals surface area contributed by atoms with Gasteiger partial charge >= 0.3 is 0 Å². The van der Waals surface area contributed by atoms with Gasteiger partial charge in [0.2, 0.25) is 5.91 Å². The molecule has 114 valence electrons. The van der Waals surface area contributed by atoms with E-state index in [1.807, 2.05) is 0 Å². The molecule has 1 unspecified atom stereocenters. The minimum absolute atomic E-state index is 0. The van der Waals surface area contributed by atoms with Gasteiger partial charge < -0.3 is 15.8 Å². The van der Waals surface area contributed by atoms with Crippen molar-refractivity contribution in [3.63, 3.8) is 0 Å². The van der Waals surface area contributed by atoms with Crippen LogP contribution in [-0.2, 0) is 9.53 Å². The van der Waals surface area contributed by atoms with Crippen molar-refractivity contribution in [1.82, 2.24) is 5.32 Å². The first-order valence-corrected chi connectivity index (χ1v) is 7.31. The van der Waals surface area contributed by atoms with Crippen LogP contribution in [0.4, 0.5) is 0 Å². The maximum absolute atomic E-state index is 11.8. The number of rotatable bonds is 8. The Morgan fingerprint density at radius 2 is 1.89 bits per heavy atom. The summed E-state index contributed by atoms with van der Waals surface area (Å²) in [6, 6.07) is 0.283. The van der Waals surface area contributed by atoms with E-state index in [2.05, 4.69) is 12.2 Å². The highest BCUT2D eigenvalue weighted by Gasteiger charge is 2.21. The molecule has 1 atom stereocenters. The Morgan fingerprint density at radius 3 is 2.53 bits per heavy atom. The smallest absolute Gasteiger partial charge is 0.220 e. The van der Waals surface area contributed by atoms with Gasteiger partial charge in [0, 0.05) is 25.7 Å². The average molecular weight is 293 g/mol. The normalized spacial score (nSPS) is 17.6. The summed E-state index contributed by atoms with van der Waals surface area (Å²) >= 11 is 0. The van der Waals surface area contributed by atoms with E-state index in [-0.39, 0.29) is 24.4 Å². The Balaban J connectivity index is 0.00000324. The number of nitrogens with two attached hydrogens (primary N) is 1. The first-order valence-electron chi connectivity index (χ1n) is 7.31. The zero-order valence-corrected chi connectivity index (χ0v) is 12.8. The van der Waals surface area contributed by atoms with E-state index in [0.29, 0.717) is 12.3 Å². The van der Waals surface area contributed by atoms with E-state index in [4.69, 9.17) is 10.5 Å². The fraction of sp³-hybridized carbons (Fsp3) is 0.929. The molecule has 0 saturated carbocycles. The Morgan fingerprint density at radius 1 is 1.26 bits per heavy atom. The van der Waals surface area contributed by atoms with Crippen LogP contribution in [0, 0.1) is 5.92 Å². The van der Waals surface area contributed by atoms with E-state index in [9.17, 15) is 4.79 Å². The fourth-order valence-electron chi connectivity index (χ4n) is 2.44. The lowest BCUT2D eigenvalue weighted by Gasteiger charge is -2.28. The first kappa shape index (κ1) is 18.7. The van der Waals surface area contributed by atoms with Crippen LogP contribution in [-0.4, -0.2) is 31.7 Å². The lowest BCUT2D eigenvalue weighted by Crippen LogP contribution is -2.40. The third-order valence-electron chi connectivity index (χ3n) is 3.72. The summed E-state index contributed by atoms with van der Waals surface area (Å²) in [5.41, 5.74) is 5.43. The highest BCUT2D eigenvalue weighted by Crippen LogP contribution is 2.18. The van der Waals surface area contributed by atoms with E-state index in [1.54, 1.807) is 0 Å². The van der Waals surface area contributed by atoms with Crippen LogP contribution in [0.25, 0.3) is 0 Å². The van der Waals surface area contributed by atoms with Gasteiger partial charge in [-0.3, -0.25) is 4.79 Å². The monoisotopic (exact) mass is 292 g/mol. The number of carbonyl (C=O) groups is 1. The molecule has 0 aliphatic carbocycles. The third-order valence-corrected chi connectivity index (χ3v) is 3.72. The average Bonchev–Trinajstić information content (AvgIpc) is 2.39. The Hall–Kier alpha value is -0.320. The van der Waals surface area contributed by atoms with Crippen molar-refractivity contribution < 1.29 is 9.53 Å². The fourth-order valence-corrected chi connectivity index (χ4v) is 2.44. The van der Waals surface area contributed by atoms with E-state index < -0.39 is 0 Å². The molecule has 0 aromatic carbocycles. The predicted molar refractivity (Wildman–Crippen MR) is 80.5 cm³/mol. The van der Waals surface area contributed by atoms with Crippen molar-refractivity contribution >= 4 is 18.3 Å². The van der Waals surface area contributed by atoms with E-state index in [1.165, 1.54) is 0 Å². The molecule has 1 saturated heterocycles. The second-order valence-corrected chi connectivity index (χ2v) is 5.26. The SMILES string of the molecule is CC(NC(=O)CCCCCCN)C1CCOCC1.Cl. The molecule has 0 spiro atoms. The number of ether oxygens (including phenoxy) is 1. The van der Waals surface area contributed by atoms with Crippen molar-refractivity contribution in [1.29, 1.82) is 0 Å². The van der Waals surface area contributed by atoms with Gasteiger partial charge in [-0.25, -0.2) is 0 Å². The van der Waals surface area contributed by atoms with Gasteiger partial charge in [-0.1, -0.05) is 12.8 Å². The Bertz CT molecular complexity index is 233. The molecule has 1 heterocycles. The largest absolute Gasteiger partial charge is 0.381 e. The molecule has 19 heavy (non-hydrogen) atoms. The highest BCUT2D eigenvalue weighted by molar-refractivity contribution is 5.85. The molecule has 1 aliphatic heterocycles. The standard InChI is InChI=1S/C14H28N2O2.ClH/c1-12(13-7-10-18-11-8-13)16-14(17)6-4-2-3-5-9-15;/h12-13H,2-11,15H2,1H3,(H,16,17);1H. The minimum Gasteiger partial charge on any atom is -0.381 e. The molecule has 1 fully saturated rings. The molecule has 0 bridgehead atoms. The molecule has 1 aliphatic rings. The molecule has 5 heteroatoms.